The van der Waals surface area contributed by atoms with Crippen molar-refractivity contribution in [1.29, 1.82) is 0 Å². The molecule has 6 nitrogen and oxygen atoms in total. The average molecular weight is 386 g/mol. The van der Waals surface area contributed by atoms with Crippen molar-refractivity contribution in [2.75, 3.05) is 26.0 Å². The highest BCUT2D eigenvalue weighted by molar-refractivity contribution is 7.88. The minimum absolute atomic E-state index is 0.102. The number of nitrogens with zero attached hydrogens (tertiary/aromatic N) is 2. The first-order chi connectivity index (χ1) is 12.9. The van der Waals surface area contributed by atoms with Crippen LogP contribution in [0.15, 0.2) is 60.7 Å². The van der Waals surface area contributed by atoms with E-state index in [0.29, 0.717) is 5.56 Å². The van der Waals surface area contributed by atoms with E-state index in [2.05, 4.69) is 0 Å². The third-order valence-corrected chi connectivity index (χ3v) is 6.93. The van der Waals surface area contributed by atoms with E-state index in [1.54, 1.807) is 29.2 Å². The predicted octanol–water partition coefficient (Wildman–Crippen LogP) is 1.30. The molecule has 1 N–H and O–H groups in total. The van der Waals surface area contributed by atoms with Crippen LogP contribution in [0.25, 0.3) is 0 Å². The highest BCUT2D eigenvalue weighted by atomic mass is 32.2. The van der Waals surface area contributed by atoms with E-state index < -0.39 is 15.6 Å². The number of carbonyl (C=O) groups excluding carboxylic acids is 1. The highest BCUT2D eigenvalue weighted by Crippen LogP contribution is 2.54. The molecule has 2 aromatic carbocycles. The van der Waals surface area contributed by atoms with Gasteiger partial charge in [-0.05, 0) is 17.7 Å². The number of hydrogen-bond acceptors (Lipinski definition) is 4. The van der Waals surface area contributed by atoms with E-state index in [0.717, 1.165) is 5.56 Å². The summed E-state index contributed by atoms with van der Waals surface area (Å²) in [6.45, 7) is 0.333. The Balaban J connectivity index is 1.73. The smallest absolute Gasteiger partial charge is 0.254 e. The van der Waals surface area contributed by atoms with Crippen LogP contribution < -0.4 is 0 Å². The van der Waals surface area contributed by atoms with Gasteiger partial charge in [-0.2, -0.15) is 4.31 Å². The quantitative estimate of drug-likeness (QED) is 0.859. The molecule has 0 radical (unpaired) electrons. The lowest BCUT2D eigenvalue weighted by atomic mass is 9.61. The van der Waals surface area contributed by atoms with Gasteiger partial charge in [-0.3, -0.25) is 4.79 Å². The zero-order valence-corrected chi connectivity index (χ0v) is 15.8. The molecule has 1 spiro atoms. The summed E-state index contributed by atoms with van der Waals surface area (Å²) in [6.07, 6.45) is 1.18. The summed E-state index contributed by atoms with van der Waals surface area (Å²) in [6, 6.07) is 18.3. The van der Waals surface area contributed by atoms with Crippen molar-refractivity contribution in [2.45, 2.75) is 17.5 Å². The van der Waals surface area contributed by atoms with Gasteiger partial charge in [-0.15, -0.1) is 0 Å². The first-order valence-corrected chi connectivity index (χ1v) is 10.7. The number of carbonyl (C=O) groups is 1. The minimum atomic E-state index is -3.32. The third kappa shape index (κ3) is 2.77. The topological polar surface area (TPSA) is 77.9 Å². The summed E-state index contributed by atoms with van der Waals surface area (Å²) in [5.74, 6) is -0.274. The molecule has 2 atom stereocenters. The fourth-order valence-corrected chi connectivity index (χ4v) is 5.42. The van der Waals surface area contributed by atoms with E-state index in [9.17, 15) is 18.3 Å². The molecule has 2 fully saturated rings. The van der Waals surface area contributed by atoms with Gasteiger partial charge < -0.3 is 10.0 Å². The number of aliphatic hydroxyl groups excluding tert-OH is 1. The Hall–Kier alpha value is -2.22. The maximum Gasteiger partial charge on any atom is 0.254 e. The number of amides is 1. The van der Waals surface area contributed by atoms with Gasteiger partial charge >= 0.3 is 0 Å². The number of benzene rings is 2. The molecule has 2 saturated heterocycles. The van der Waals surface area contributed by atoms with E-state index >= 15 is 0 Å². The molecule has 7 heteroatoms. The van der Waals surface area contributed by atoms with Crippen LogP contribution in [-0.4, -0.2) is 66.2 Å². The van der Waals surface area contributed by atoms with Crippen LogP contribution in [0.1, 0.15) is 21.8 Å². The molecule has 2 heterocycles. The SMILES string of the molecule is CS(=O)(=O)N1CC2(C1)[C@H](c1ccccc1)[C@H](CO)N2C(=O)c1ccccc1. The fourth-order valence-electron chi connectivity index (χ4n) is 4.51. The molecular formula is C20H22N2O4S. The molecule has 2 aliphatic rings. The van der Waals surface area contributed by atoms with Crippen LogP contribution in [0.2, 0.25) is 0 Å². The number of rotatable bonds is 4. The van der Waals surface area contributed by atoms with Gasteiger partial charge in [-0.25, -0.2) is 8.42 Å². The second-order valence-electron chi connectivity index (χ2n) is 7.31. The van der Waals surface area contributed by atoms with Gasteiger partial charge in [0.2, 0.25) is 10.0 Å². The van der Waals surface area contributed by atoms with Crippen LogP contribution in [-0.2, 0) is 10.0 Å². The number of aliphatic hydroxyl groups is 1. The van der Waals surface area contributed by atoms with E-state index in [4.69, 9.17) is 0 Å². The lowest BCUT2D eigenvalue weighted by Crippen LogP contribution is -2.85. The molecule has 0 unspecified atom stereocenters. The van der Waals surface area contributed by atoms with E-state index in [-0.39, 0.29) is 37.6 Å². The van der Waals surface area contributed by atoms with Crippen molar-refractivity contribution < 1.29 is 18.3 Å². The third-order valence-electron chi connectivity index (χ3n) is 5.73. The summed E-state index contributed by atoms with van der Waals surface area (Å²) in [4.78, 5) is 14.9. The van der Waals surface area contributed by atoms with Crippen LogP contribution in [0.5, 0.6) is 0 Å². The highest BCUT2D eigenvalue weighted by Gasteiger charge is 2.68. The maximum absolute atomic E-state index is 13.2. The van der Waals surface area contributed by atoms with E-state index in [1.165, 1.54) is 10.6 Å². The lowest BCUT2D eigenvalue weighted by molar-refractivity contribution is -0.142. The summed E-state index contributed by atoms with van der Waals surface area (Å²) in [5.41, 5.74) is 0.937. The van der Waals surface area contributed by atoms with Crippen molar-refractivity contribution in [2.24, 2.45) is 0 Å². The van der Waals surface area contributed by atoms with Gasteiger partial charge in [0.1, 0.15) is 0 Å². The lowest BCUT2D eigenvalue weighted by Gasteiger charge is -2.70. The summed E-state index contributed by atoms with van der Waals surface area (Å²) >= 11 is 0. The Bertz CT molecular complexity index is 940. The standard InChI is InChI=1S/C20H22N2O4S/c1-27(25,26)21-13-20(14-21)18(15-8-4-2-5-9-15)17(12-23)22(20)19(24)16-10-6-3-7-11-16/h2-11,17-18,23H,12-14H2,1H3/t17-,18+/m0/s1. The first-order valence-electron chi connectivity index (χ1n) is 8.88. The Kier molecular flexibility index (Phi) is 4.33. The molecule has 27 heavy (non-hydrogen) atoms. The first kappa shape index (κ1) is 18.2. The number of hydrogen-bond donors (Lipinski definition) is 1. The molecule has 2 aromatic rings. The Labute approximate surface area is 159 Å². The zero-order chi connectivity index (χ0) is 19.2. The monoisotopic (exact) mass is 386 g/mol. The average Bonchev–Trinajstić information content (AvgIpc) is 2.60. The zero-order valence-electron chi connectivity index (χ0n) is 15.0. The minimum Gasteiger partial charge on any atom is -0.394 e. The van der Waals surface area contributed by atoms with Crippen molar-refractivity contribution in [3.05, 3.63) is 71.8 Å². The molecule has 4 rings (SSSR count). The van der Waals surface area contributed by atoms with Crippen molar-refractivity contribution in [1.82, 2.24) is 9.21 Å². The fraction of sp³-hybridized carbons (Fsp3) is 0.350. The van der Waals surface area contributed by atoms with Crippen LogP contribution in [0, 0.1) is 0 Å². The predicted molar refractivity (Wildman–Crippen MR) is 102 cm³/mol. The molecule has 0 aliphatic carbocycles. The van der Waals surface area contributed by atoms with Gasteiger partial charge in [0.15, 0.2) is 0 Å². The van der Waals surface area contributed by atoms with E-state index in [1.807, 2.05) is 36.4 Å². The van der Waals surface area contributed by atoms with Gasteiger partial charge in [0.05, 0.1) is 24.4 Å². The summed E-state index contributed by atoms with van der Waals surface area (Å²) < 4.78 is 25.3. The van der Waals surface area contributed by atoms with Crippen molar-refractivity contribution in [3.63, 3.8) is 0 Å². The molecule has 0 bridgehead atoms. The molecule has 1 amide bonds. The second-order valence-corrected chi connectivity index (χ2v) is 9.30. The maximum atomic E-state index is 13.2. The largest absolute Gasteiger partial charge is 0.394 e. The number of likely N-dealkylation sites (tertiary alicyclic amines) is 1. The van der Waals surface area contributed by atoms with Gasteiger partial charge in [0, 0.05) is 24.6 Å². The van der Waals surface area contributed by atoms with Crippen molar-refractivity contribution >= 4 is 15.9 Å². The Morgan fingerprint density at radius 1 is 1.07 bits per heavy atom. The summed E-state index contributed by atoms with van der Waals surface area (Å²) in [5, 5.41) is 10.0. The Morgan fingerprint density at radius 3 is 2.15 bits per heavy atom. The molecule has 142 valence electrons. The normalized spacial score (nSPS) is 24.3. The van der Waals surface area contributed by atoms with Crippen LogP contribution in [0.4, 0.5) is 0 Å². The molecule has 0 aromatic heterocycles. The van der Waals surface area contributed by atoms with Crippen LogP contribution in [0.3, 0.4) is 0 Å². The van der Waals surface area contributed by atoms with Gasteiger partial charge in [0.25, 0.3) is 5.91 Å². The molecular weight excluding hydrogens is 364 g/mol. The summed E-state index contributed by atoms with van der Waals surface area (Å²) in [7, 11) is -3.32. The Morgan fingerprint density at radius 2 is 1.63 bits per heavy atom. The molecule has 2 aliphatic heterocycles. The molecule has 0 saturated carbocycles. The number of sulfonamides is 1. The van der Waals surface area contributed by atoms with Gasteiger partial charge in [-0.1, -0.05) is 48.5 Å². The van der Waals surface area contributed by atoms with Crippen LogP contribution >= 0.6 is 0 Å². The van der Waals surface area contributed by atoms with Crippen molar-refractivity contribution in [3.8, 4) is 0 Å². The second kappa shape index (κ2) is 6.44.